The number of hydrogen-bond donors (Lipinski definition) is 2. The van der Waals surface area contributed by atoms with Crippen LogP contribution in [0.2, 0.25) is 0 Å². The second-order valence-corrected chi connectivity index (χ2v) is 4.62. The molecule has 7 heteroatoms. The van der Waals surface area contributed by atoms with Gasteiger partial charge in [-0.15, -0.1) is 0 Å². The van der Waals surface area contributed by atoms with Crippen LogP contribution in [0.15, 0.2) is 41.3 Å². The molecule has 2 aromatic heterocycles. The maximum atomic E-state index is 12.1. The summed E-state index contributed by atoms with van der Waals surface area (Å²) >= 11 is 0. The molecule has 106 valence electrons. The van der Waals surface area contributed by atoms with Crippen LogP contribution in [0.3, 0.4) is 0 Å². The van der Waals surface area contributed by atoms with Crippen LogP contribution < -0.4 is 5.69 Å². The Bertz CT molecular complexity index is 867. The van der Waals surface area contributed by atoms with Gasteiger partial charge >= 0.3 is 11.7 Å². The summed E-state index contributed by atoms with van der Waals surface area (Å²) in [6, 6.07) is 9.14. The first kappa shape index (κ1) is 13.0. The average Bonchev–Trinajstić information content (AvgIpc) is 2.82. The van der Waals surface area contributed by atoms with E-state index >= 15 is 0 Å². The van der Waals surface area contributed by atoms with Crippen LogP contribution in [0.4, 0.5) is 0 Å². The van der Waals surface area contributed by atoms with Crippen molar-refractivity contribution in [2.24, 2.45) is 0 Å². The molecule has 0 amide bonds. The number of rotatable bonds is 3. The number of carboxylic acid groups (broad SMARTS) is 1. The number of aromatic carboxylic acids is 1. The Labute approximate surface area is 118 Å². The van der Waals surface area contributed by atoms with Crippen LogP contribution >= 0.6 is 0 Å². The van der Waals surface area contributed by atoms with Crippen molar-refractivity contribution in [2.75, 3.05) is 0 Å². The predicted octanol–water partition coefficient (Wildman–Crippen LogP) is 1.43. The van der Waals surface area contributed by atoms with E-state index in [1.165, 1.54) is 4.57 Å². The van der Waals surface area contributed by atoms with Gasteiger partial charge in [0, 0.05) is 0 Å². The molecule has 0 aliphatic rings. The number of imidazole rings is 1. The summed E-state index contributed by atoms with van der Waals surface area (Å²) in [5, 5.41) is 9.00. The van der Waals surface area contributed by atoms with Crippen molar-refractivity contribution in [2.45, 2.75) is 13.0 Å². The quantitative estimate of drug-likeness (QED) is 0.757. The predicted molar refractivity (Wildman–Crippen MR) is 75.4 cm³/mol. The Morgan fingerprint density at radius 1 is 1.33 bits per heavy atom. The van der Waals surface area contributed by atoms with E-state index in [1.54, 1.807) is 0 Å². The Morgan fingerprint density at radius 3 is 2.71 bits per heavy atom. The fraction of sp³-hybridized carbons (Fsp3) is 0.143. The minimum absolute atomic E-state index is 0.199. The summed E-state index contributed by atoms with van der Waals surface area (Å²) in [5.41, 5.74) is 0.853. The van der Waals surface area contributed by atoms with Gasteiger partial charge in [0.05, 0.1) is 12.2 Å². The molecule has 0 bridgehead atoms. The number of carboxylic acids is 1. The molecule has 0 saturated carbocycles. The largest absolute Gasteiger partial charge is 0.476 e. The third-order valence-corrected chi connectivity index (χ3v) is 3.31. The fourth-order valence-corrected chi connectivity index (χ4v) is 2.24. The van der Waals surface area contributed by atoms with Crippen molar-refractivity contribution < 1.29 is 9.90 Å². The normalized spacial score (nSPS) is 12.4. The highest BCUT2D eigenvalue weighted by molar-refractivity contribution is 5.86. The summed E-state index contributed by atoms with van der Waals surface area (Å²) in [6.45, 7) is 1.85. The van der Waals surface area contributed by atoms with Gasteiger partial charge in [-0.25, -0.2) is 19.6 Å². The summed E-state index contributed by atoms with van der Waals surface area (Å²) in [4.78, 5) is 33.7. The molecule has 3 aromatic rings. The molecule has 2 N–H and O–H groups in total. The smallest absolute Gasteiger partial charge is 0.356 e. The number of hydrogen-bond acceptors (Lipinski definition) is 4. The fourth-order valence-electron chi connectivity index (χ4n) is 2.24. The number of fused-ring (bicyclic) bond motifs is 1. The first-order valence-corrected chi connectivity index (χ1v) is 6.33. The van der Waals surface area contributed by atoms with Gasteiger partial charge in [-0.2, -0.15) is 0 Å². The molecule has 21 heavy (non-hydrogen) atoms. The average molecular weight is 284 g/mol. The Kier molecular flexibility index (Phi) is 3.02. The Balaban J connectivity index is 2.22. The molecule has 0 spiro atoms. The van der Waals surface area contributed by atoms with Crippen molar-refractivity contribution in [1.29, 1.82) is 0 Å². The van der Waals surface area contributed by atoms with Crippen LogP contribution in [0.1, 0.15) is 29.0 Å². The number of carbonyl (C=O) groups is 1. The summed E-state index contributed by atoms with van der Waals surface area (Å²) in [5.74, 6) is -1.18. The highest BCUT2D eigenvalue weighted by atomic mass is 16.4. The van der Waals surface area contributed by atoms with Gasteiger partial charge in [0.1, 0.15) is 0 Å². The van der Waals surface area contributed by atoms with E-state index in [0.717, 1.165) is 11.8 Å². The van der Waals surface area contributed by atoms with E-state index in [-0.39, 0.29) is 28.7 Å². The molecule has 0 fully saturated rings. The standard InChI is InChI=1S/C14H12N4O3/c1-8(9-5-3-2-4-6-9)18-12-11(17-14(18)21)15-7-10(16-12)13(19)20/h2-8H,1H3,(H,19,20)(H,15,17,21). The van der Waals surface area contributed by atoms with Crippen molar-refractivity contribution in [3.63, 3.8) is 0 Å². The summed E-state index contributed by atoms with van der Waals surface area (Å²) in [6.07, 6.45) is 1.12. The van der Waals surface area contributed by atoms with Crippen molar-refractivity contribution in [1.82, 2.24) is 19.5 Å². The van der Waals surface area contributed by atoms with Crippen molar-refractivity contribution in [3.8, 4) is 0 Å². The number of nitrogens with zero attached hydrogens (tertiary/aromatic N) is 3. The molecule has 1 atom stereocenters. The zero-order chi connectivity index (χ0) is 15.0. The van der Waals surface area contributed by atoms with E-state index in [0.29, 0.717) is 0 Å². The number of aromatic nitrogens is 4. The number of H-pyrrole nitrogens is 1. The lowest BCUT2D eigenvalue weighted by molar-refractivity contribution is 0.0690. The van der Waals surface area contributed by atoms with Crippen molar-refractivity contribution in [3.05, 3.63) is 58.3 Å². The minimum atomic E-state index is -1.18. The molecule has 1 unspecified atom stereocenters. The maximum Gasteiger partial charge on any atom is 0.356 e. The van der Waals surface area contributed by atoms with E-state index in [4.69, 9.17) is 5.11 Å². The second kappa shape index (κ2) is 4.86. The maximum absolute atomic E-state index is 12.1. The molecule has 0 aliphatic heterocycles. The van der Waals surface area contributed by atoms with Crippen LogP contribution in [-0.4, -0.2) is 30.6 Å². The van der Waals surface area contributed by atoms with E-state index in [9.17, 15) is 9.59 Å². The Morgan fingerprint density at radius 2 is 2.05 bits per heavy atom. The minimum Gasteiger partial charge on any atom is -0.476 e. The SMILES string of the molecule is CC(c1ccccc1)n1c(=O)[nH]c2ncc(C(=O)O)nc21. The number of benzene rings is 1. The van der Waals surface area contributed by atoms with Gasteiger partial charge in [0.15, 0.2) is 17.0 Å². The van der Waals surface area contributed by atoms with Crippen molar-refractivity contribution >= 4 is 17.3 Å². The second-order valence-electron chi connectivity index (χ2n) is 4.62. The van der Waals surface area contributed by atoms with Crippen LogP contribution in [-0.2, 0) is 0 Å². The first-order chi connectivity index (χ1) is 10.1. The van der Waals surface area contributed by atoms with E-state index < -0.39 is 5.97 Å². The molecule has 0 saturated heterocycles. The molecule has 0 radical (unpaired) electrons. The van der Waals surface area contributed by atoms with Crippen LogP contribution in [0.25, 0.3) is 11.3 Å². The highest BCUT2D eigenvalue weighted by Gasteiger charge is 2.18. The Hall–Kier alpha value is -2.96. The molecule has 3 rings (SSSR count). The first-order valence-electron chi connectivity index (χ1n) is 6.33. The molecule has 7 nitrogen and oxygen atoms in total. The van der Waals surface area contributed by atoms with E-state index in [2.05, 4.69) is 15.0 Å². The van der Waals surface area contributed by atoms with Gasteiger partial charge < -0.3 is 5.11 Å². The van der Waals surface area contributed by atoms with E-state index in [1.807, 2.05) is 37.3 Å². The summed E-state index contributed by atoms with van der Waals surface area (Å²) < 4.78 is 1.41. The summed E-state index contributed by atoms with van der Waals surface area (Å²) in [7, 11) is 0. The molecular formula is C14H12N4O3. The van der Waals surface area contributed by atoms with Crippen LogP contribution in [0.5, 0.6) is 0 Å². The lowest BCUT2D eigenvalue weighted by Crippen LogP contribution is -2.21. The molecule has 0 aliphatic carbocycles. The molecule has 2 heterocycles. The van der Waals surface area contributed by atoms with Gasteiger partial charge in [-0.1, -0.05) is 30.3 Å². The van der Waals surface area contributed by atoms with Gasteiger partial charge in [0.25, 0.3) is 0 Å². The zero-order valence-electron chi connectivity index (χ0n) is 11.1. The number of nitrogens with one attached hydrogen (secondary N) is 1. The lowest BCUT2D eigenvalue weighted by Gasteiger charge is -2.13. The van der Waals surface area contributed by atoms with Gasteiger partial charge in [-0.3, -0.25) is 9.55 Å². The third-order valence-electron chi connectivity index (χ3n) is 3.31. The van der Waals surface area contributed by atoms with Crippen LogP contribution in [0, 0.1) is 0 Å². The zero-order valence-corrected chi connectivity index (χ0v) is 11.1. The molecular weight excluding hydrogens is 272 g/mol. The van der Waals surface area contributed by atoms with Gasteiger partial charge in [0.2, 0.25) is 0 Å². The van der Waals surface area contributed by atoms with Gasteiger partial charge in [-0.05, 0) is 12.5 Å². The highest BCUT2D eigenvalue weighted by Crippen LogP contribution is 2.19. The molecule has 1 aromatic carbocycles. The topological polar surface area (TPSA) is 101 Å². The lowest BCUT2D eigenvalue weighted by atomic mass is 10.1. The monoisotopic (exact) mass is 284 g/mol. The number of aromatic amines is 1. The third kappa shape index (κ3) is 2.18.